The molecule has 7 heteroatoms. The van der Waals surface area contributed by atoms with E-state index in [9.17, 15) is 13.2 Å². The van der Waals surface area contributed by atoms with E-state index in [4.69, 9.17) is 16.7 Å². The van der Waals surface area contributed by atoms with Crippen LogP contribution in [0, 0.1) is 12.8 Å². The third kappa shape index (κ3) is 3.50. The molecular formula is C13H16ClNO4S. The van der Waals surface area contributed by atoms with Crippen LogP contribution >= 0.6 is 11.6 Å². The number of sulfonamides is 1. The molecule has 2 N–H and O–H groups in total. The Balaban J connectivity index is 2.27. The maximum absolute atomic E-state index is 12.2. The van der Waals surface area contributed by atoms with Gasteiger partial charge in [0.15, 0.2) is 0 Å². The number of benzene rings is 1. The van der Waals surface area contributed by atoms with Crippen LogP contribution in [0.2, 0.25) is 5.02 Å². The molecule has 0 heterocycles. The lowest BCUT2D eigenvalue weighted by Gasteiger charge is -2.11. The molecule has 0 amide bonds. The Labute approximate surface area is 123 Å². The van der Waals surface area contributed by atoms with Crippen molar-refractivity contribution < 1.29 is 18.3 Å². The summed E-state index contributed by atoms with van der Waals surface area (Å²) in [6.45, 7) is 1.83. The van der Waals surface area contributed by atoms with Crippen LogP contribution in [0.4, 0.5) is 0 Å². The summed E-state index contributed by atoms with van der Waals surface area (Å²) in [5.41, 5.74) is 0.0980. The highest BCUT2D eigenvalue weighted by molar-refractivity contribution is 7.89. The molecule has 0 aliphatic heterocycles. The van der Waals surface area contributed by atoms with E-state index < -0.39 is 16.0 Å². The highest BCUT2D eigenvalue weighted by Crippen LogP contribution is 2.32. The molecule has 0 bridgehead atoms. The van der Waals surface area contributed by atoms with Crippen molar-refractivity contribution in [2.24, 2.45) is 5.92 Å². The molecule has 5 nitrogen and oxygen atoms in total. The first-order valence-corrected chi connectivity index (χ1v) is 8.20. The molecular weight excluding hydrogens is 302 g/mol. The number of nitrogens with one attached hydrogen (secondary N) is 1. The zero-order valence-electron chi connectivity index (χ0n) is 11.0. The van der Waals surface area contributed by atoms with E-state index in [1.54, 1.807) is 0 Å². The van der Waals surface area contributed by atoms with Gasteiger partial charge in [0.2, 0.25) is 10.0 Å². The van der Waals surface area contributed by atoms with Crippen LogP contribution in [-0.4, -0.2) is 26.0 Å². The van der Waals surface area contributed by atoms with Crippen molar-refractivity contribution in [3.05, 3.63) is 28.3 Å². The lowest BCUT2D eigenvalue weighted by molar-refractivity contribution is 0.0696. The predicted octanol–water partition coefficient (Wildman–Crippen LogP) is 2.43. The van der Waals surface area contributed by atoms with Gasteiger partial charge >= 0.3 is 5.97 Å². The van der Waals surface area contributed by atoms with Gasteiger partial charge in [-0.1, -0.05) is 24.4 Å². The highest BCUT2D eigenvalue weighted by atomic mass is 35.5. The number of hydrogen-bond donors (Lipinski definition) is 2. The molecule has 110 valence electrons. The maximum atomic E-state index is 12.2. The summed E-state index contributed by atoms with van der Waals surface area (Å²) < 4.78 is 26.9. The summed E-state index contributed by atoms with van der Waals surface area (Å²) in [4.78, 5) is 11.0. The SMILES string of the molecule is Cc1c(C(=O)O)cc(Cl)cc1S(=O)(=O)NCCC1CC1. The maximum Gasteiger partial charge on any atom is 0.336 e. The molecule has 2 rings (SSSR count). The van der Waals surface area contributed by atoms with Crippen LogP contribution in [-0.2, 0) is 10.0 Å². The second-order valence-corrected chi connectivity index (χ2v) is 7.18. The summed E-state index contributed by atoms with van der Waals surface area (Å²) in [6.07, 6.45) is 3.12. The van der Waals surface area contributed by atoms with Crippen LogP contribution in [0.5, 0.6) is 0 Å². The standard InChI is InChI=1S/C13H16ClNO4S/c1-8-11(13(16)17)6-10(14)7-12(8)20(18,19)15-5-4-9-2-3-9/h6-7,9,15H,2-5H2,1H3,(H,16,17). The highest BCUT2D eigenvalue weighted by Gasteiger charge is 2.24. The Morgan fingerprint density at radius 1 is 1.45 bits per heavy atom. The molecule has 1 aromatic rings. The predicted molar refractivity (Wildman–Crippen MR) is 75.7 cm³/mol. The Kier molecular flexibility index (Phi) is 4.36. The summed E-state index contributed by atoms with van der Waals surface area (Å²) >= 11 is 5.81. The number of rotatable bonds is 6. The number of carboxylic acid groups (broad SMARTS) is 1. The van der Waals surface area contributed by atoms with Crippen LogP contribution < -0.4 is 4.72 Å². The van der Waals surface area contributed by atoms with E-state index in [1.807, 2.05) is 0 Å². The number of halogens is 1. The smallest absolute Gasteiger partial charge is 0.336 e. The number of aromatic carboxylic acids is 1. The van der Waals surface area contributed by atoms with Crippen molar-refractivity contribution in [1.82, 2.24) is 4.72 Å². The van der Waals surface area contributed by atoms with Crippen molar-refractivity contribution in [2.75, 3.05) is 6.54 Å². The molecule has 1 aromatic carbocycles. The molecule has 0 saturated heterocycles. The van der Waals surface area contributed by atoms with Crippen LogP contribution in [0.25, 0.3) is 0 Å². The third-order valence-electron chi connectivity index (χ3n) is 3.39. The molecule has 1 aliphatic rings. The first-order chi connectivity index (χ1) is 9.31. The van der Waals surface area contributed by atoms with Gasteiger partial charge in [-0.25, -0.2) is 17.9 Å². The Morgan fingerprint density at radius 3 is 2.65 bits per heavy atom. The minimum Gasteiger partial charge on any atom is -0.478 e. The monoisotopic (exact) mass is 317 g/mol. The average Bonchev–Trinajstić information content (AvgIpc) is 3.15. The van der Waals surface area contributed by atoms with E-state index >= 15 is 0 Å². The van der Waals surface area contributed by atoms with E-state index in [0.29, 0.717) is 12.5 Å². The Bertz CT molecular complexity index is 638. The van der Waals surface area contributed by atoms with Gasteiger partial charge in [0.1, 0.15) is 0 Å². The Morgan fingerprint density at radius 2 is 2.10 bits per heavy atom. The van der Waals surface area contributed by atoms with Crippen molar-refractivity contribution in [3.63, 3.8) is 0 Å². The molecule has 0 radical (unpaired) electrons. The van der Waals surface area contributed by atoms with Gasteiger partial charge in [-0.15, -0.1) is 0 Å². The second kappa shape index (κ2) is 5.71. The minimum atomic E-state index is -3.74. The van der Waals surface area contributed by atoms with Gasteiger partial charge in [0.05, 0.1) is 10.5 Å². The minimum absolute atomic E-state index is 0.0711. The van der Waals surface area contributed by atoms with Gasteiger partial charge in [0, 0.05) is 11.6 Å². The van der Waals surface area contributed by atoms with Gasteiger partial charge in [-0.05, 0) is 37.0 Å². The summed E-state index contributed by atoms with van der Waals surface area (Å²) in [6, 6.07) is 2.53. The van der Waals surface area contributed by atoms with E-state index in [0.717, 1.165) is 19.3 Å². The zero-order chi connectivity index (χ0) is 14.9. The van der Waals surface area contributed by atoms with Crippen LogP contribution in [0.1, 0.15) is 35.2 Å². The molecule has 1 saturated carbocycles. The summed E-state index contributed by atoms with van der Waals surface area (Å²) in [5, 5.41) is 9.16. The fraction of sp³-hybridized carbons (Fsp3) is 0.462. The lowest BCUT2D eigenvalue weighted by atomic mass is 10.1. The van der Waals surface area contributed by atoms with Crippen molar-refractivity contribution in [3.8, 4) is 0 Å². The summed E-state index contributed by atoms with van der Waals surface area (Å²) in [7, 11) is -3.74. The van der Waals surface area contributed by atoms with Crippen molar-refractivity contribution in [1.29, 1.82) is 0 Å². The molecule has 0 atom stereocenters. The molecule has 20 heavy (non-hydrogen) atoms. The van der Waals surface area contributed by atoms with Crippen molar-refractivity contribution in [2.45, 2.75) is 31.1 Å². The van der Waals surface area contributed by atoms with Gasteiger partial charge in [0.25, 0.3) is 0 Å². The van der Waals surface area contributed by atoms with Gasteiger partial charge in [-0.2, -0.15) is 0 Å². The van der Waals surface area contributed by atoms with E-state index in [2.05, 4.69) is 4.72 Å². The number of carbonyl (C=O) groups is 1. The largest absolute Gasteiger partial charge is 0.478 e. The average molecular weight is 318 g/mol. The van der Waals surface area contributed by atoms with E-state index in [1.165, 1.54) is 19.1 Å². The molecule has 0 unspecified atom stereocenters. The zero-order valence-corrected chi connectivity index (χ0v) is 12.6. The molecule has 0 spiro atoms. The normalized spacial score (nSPS) is 15.3. The molecule has 1 aliphatic carbocycles. The second-order valence-electron chi connectivity index (χ2n) is 5.01. The summed E-state index contributed by atoms with van der Waals surface area (Å²) in [5.74, 6) is -0.577. The first kappa shape index (κ1) is 15.3. The molecule has 0 aromatic heterocycles. The van der Waals surface area contributed by atoms with Crippen LogP contribution in [0.15, 0.2) is 17.0 Å². The van der Waals surface area contributed by atoms with Gasteiger partial charge in [-0.3, -0.25) is 0 Å². The fourth-order valence-corrected chi connectivity index (χ4v) is 3.66. The van der Waals surface area contributed by atoms with Gasteiger partial charge < -0.3 is 5.11 Å². The van der Waals surface area contributed by atoms with Crippen LogP contribution in [0.3, 0.4) is 0 Å². The fourth-order valence-electron chi connectivity index (χ4n) is 2.04. The molecule has 1 fully saturated rings. The first-order valence-electron chi connectivity index (χ1n) is 6.34. The number of carboxylic acids is 1. The lowest BCUT2D eigenvalue weighted by Crippen LogP contribution is -2.26. The van der Waals surface area contributed by atoms with Crippen molar-refractivity contribution >= 4 is 27.6 Å². The van der Waals surface area contributed by atoms with E-state index in [-0.39, 0.29) is 21.0 Å². The Hall–Kier alpha value is -1.11. The quantitative estimate of drug-likeness (QED) is 0.844. The number of hydrogen-bond acceptors (Lipinski definition) is 3. The topological polar surface area (TPSA) is 83.5 Å². The third-order valence-corrected chi connectivity index (χ3v) is 5.19.